The van der Waals surface area contributed by atoms with Crippen molar-refractivity contribution in [3.05, 3.63) is 0 Å². The Morgan fingerprint density at radius 1 is 1.54 bits per heavy atom. The fourth-order valence-corrected chi connectivity index (χ4v) is 0.643. The SMILES string of the molecule is C#CCNCC(C)OCC(F)(F)F. The summed E-state index contributed by atoms with van der Waals surface area (Å²) in [4.78, 5) is 0. The molecule has 0 rings (SSSR count). The fourth-order valence-electron chi connectivity index (χ4n) is 0.643. The summed E-state index contributed by atoms with van der Waals surface area (Å²) < 4.78 is 39.4. The molecule has 0 fully saturated rings. The second kappa shape index (κ2) is 5.84. The maximum atomic E-state index is 11.6. The molecule has 13 heavy (non-hydrogen) atoms. The maximum absolute atomic E-state index is 11.6. The van der Waals surface area contributed by atoms with E-state index in [1.807, 2.05) is 0 Å². The van der Waals surface area contributed by atoms with Crippen LogP contribution in [0.2, 0.25) is 0 Å². The van der Waals surface area contributed by atoms with Crippen LogP contribution in [0.5, 0.6) is 0 Å². The second-order valence-corrected chi connectivity index (χ2v) is 2.57. The summed E-state index contributed by atoms with van der Waals surface area (Å²) in [6.07, 6.45) is 0.170. The summed E-state index contributed by atoms with van der Waals surface area (Å²) >= 11 is 0. The molecule has 0 aliphatic rings. The molecular weight excluding hydrogens is 183 g/mol. The monoisotopic (exact) mass is 195 g/mol. The molecule has 0 spiro atoms. The number of rotatable bonds is 5. The Hall–Kier alpha value is -0.730. The number of alkyl halides is 3. The van der Waals surface area contributed by atoms with Gasteiger partial charge in [-0.25, -0.2) is 0 Å². The Morgan fingerprint density at radius 2 is 2.15 bits per heavy atom. The zero-order chi connectivity index (χ0) is 10.3. The summed E-state index contributed by atoms with van der Waals surface area (Å²) in [5, 5.41) is 2.74. The van der Waals surface area contributed by atoms with Gasteiger partial charge < -0.3 is 10.1 Å². The maximum Gasteiger partial charge on any atom is 0.411 e. The standard InChI is InChI=1S/C8H12F3NO/c1-3-4-12-5-7(2)13-6-8(9,10)11/h1,7,12H,4-6H2,2H3. The van der Waals surface area contributed by atoms with Gasteiger partial charge in [0.25, 0.3) is 0 Å². The van der Waals surface area contributed by atoms with E-state index in [2.05, 4.69) is 16.0 Å². The van der Waals surface area contributed by atoms with Gasteiger partial charge in [-0.15, -0.1) is 6.42 Å². The van der Waals surface area contributed by atoms with Crippen LogP contribution < -0.4 is 5.32 Å². The first-order chi connectivity index (χ1) is 5.95. The average molecular weight is 195 g/mol. The molecule has 0 radical (unpaired) electrons. The lowest BCUT2D eigenvalue weighted by molar-refractivity contribution is -0.183. The third-order valence-electron chi connectivity index (χ3n) is 1.19. The predicted octanol–water partition coefficient (Wildman–Crippen LogP) is 1.18. The van der Waals surface area contributed by atoms with E-state index in [1.165, 1.54) is 0 Å². The quantitative estimate of drug-likeness (QED) is 0.525. The first-order valence-corrected chi connectivity index (χ1v) is 3.78. The van der Waals surface area contributed by atoms with Crippen LogP contribution in [0.4, 0.5) is 13.2 Å². The van der Waals surface area contributed by atoms with Crippen molar-refractivity contribution in [3.63, 3.8) is 0 Å². The highest BCUT2D eigenvalue weighted by molar-refractivity contribution is 4.86. The lowest BCUT2D eigenvalue weighted by Gasteiger charge is -2.14. The van der Waals surface area contributed by atoms with Gasteiger partial charge in [-0.3, -0.25) is 0 Å². The van der Waals surface area contributed by atoms with Crippen LogP contribution in [0, 0.1) is 12.3 Å². The van der Waals surface area contributed by atoms with Gasteiger partial charge in [0.2, 0.25) is 0 Å². The van der Waals surface area contributed by atoms with Gasteiger partial charge in [0, 0.05) is 6.54 Å². The highest BCUT2D eigenvalue weighted by Gasteiger charge is 2.28. The number of halogens is 3. The molecule has 2 nitrogen and oxygen atoms in total. The van der Waals surface area contributed by atoms with Crippen LogP contribution in [-0.2, 0) is 4.74 Å². The molecule has 0 amide bonds. The van der Waals surface area contributed by atoms with Crippen LogP contribution in [0.15, 0.2) is 0 Å². The van der Waals surface area contributed by atoms with E-state index in [0.717, 1.165) is 0 Å². The Kier molecular flexibility index (Phi) is 5.51. The second-order valence-electron chi connectivity index (χ2n) is 2.57. The lowest BCUT2D eigenvalue weighted by atomic mass is 10.4. The number of hydrogen-bond acceptors (Lipinski definition) is 2. The molecule has 0 aromatic carbocycles. The minimum Gasteiger partial charge on any atom is -0.368 e. The van der Waals surface area contributed by atoms with Gasteiger partial charge in [0.05, 0.1) is 12.6 Å². The van der Waals surface area contributed by atoms with E-state index in [-0.39, 0.29) is 0 Å². The first kappa shape index (κ1) is 12.3. The molecular formula is C8H12F3NO. The zero-order valence-electron chi connectivity index (χ0n) is 7.32. The zero-order valence-corrected chi connectivity index (χ0v) is 7.32. The van der Waals surface area contributed by atoms with Crippen LogP contribution in [0.3, 0.4) is 0 Å². The Morgan fingerprint density at radius 3 is 2.62 bits per heavy atom. The molecule has 0 saturated heterocycles. The van der Waals surface area contributed by atoms with Crippen LogP contribution >= 0.6 is 0 Å². The molecule has 0 aromatic heterocycles. The molecule has 1 unspecified atom stereocenters. The summed E-state index contributed by atoms with van der Waals surface area (Å²) in [5.41, 5.74) is 0. The van der Waals surface area contributed by atoms with Crippen molar-refractivity contribution in [2.24, 2.45) is 0 Å². The largest absolute Gasteiger partial charge is 0.411 e. The first-order valence-electron chi connectivity index (χ1n) is 3.78. The van der Waals surface area contributed by atoms with Crippen molar-refractivity contribution in [2.45, 2.75) is 19.2 Å². The van der Waals surface area contributed by atoms with Crippen LogP contribution in [-0.4, -0.2) is 32.0 Å². The molecule has 76 valence electrons. The van der Waals surface area contributed by atoms with E-state index in [9.17, 15) is 13.2 Å². The van der Waals surface area contributed by atoms with Crippen molar-refractivity contribution in [1.82, 2.24) is 5.32 Å². The fraction of sp³-hybridized carbons (Fsp3) is 0.750. The van der Waals surface area contributed by atoms with Gasteiger partial charge in [-0.1, -0.05) is 5.92 Å². The normalized spacial score (nSPS) is 13.8. The smallest absolute Gasteiger partial charge is 0.368 e. The summed E-state index contributed by atoms with van der Waals surface area (Å²) in [6, 6.07) is 0. The highest BCUT2D eigenvalue weighted by atomic mass is 19.4. The number of terminal acetylenes is 1. The molecule has 1 N–H and O–H groups in total. The molecule has 0 saturated carbocycles. The molecule has 0 heterocycles. The van der Waals surface area contributed by atoms with E-state index in [1.54, 1.807) is 6.92 Å². The molecule has 0 aliphatic heterocycles. The molecule has 0 aliphatic carbocycles. The van der Waals surface area contributed by atoms with Crippen molar-refractivity contribution >= 4 is 0 Å². The van der Waals surface area contributed by atoms with Crippen molar-refractivity contribution < 1.29 is 17.9 Å². The van der Waals surface area contributed by atoms with Crippen molar-refractivity contribution in [2.75, 3.05) is 19.7 Å². The minimum absolute atomic E-state index is 0.320. The summed E-state index contributed by atoms with van der Waals surface area (Å²) in [5.74, 6) is 2.31. The molecule has 1 atom stereocenters. The van der Waals surface area contributed by atoms with E-state index in [4.69, 9.17) is 6.42 Å². The molecule has 5 heteroatoms. The van der Waals surface area contributed by atoms with Gasteiger partial charge in [-0.2, -0.15) is 13.2 Å². The Bertz CT molecular complexity index is 173. The lowest BCUT2D eigenvalue weighted by Crippen LogP contribution is -2.30. The van der Waals surface area contributed by atoms with Crippen molar-refractivity contribution in [3.8, 4) is 12.3 Å². The van der Waals surface area contributed by atoms with Gasteiger partial charge >= 0.3 is 6.18 Å². The Balaban J connectivity index is 3.42. The molecule has 0 bridgehead atoms. The number of nitrogens with one attached hydrogen (secondary N) is 1. The topological polar surface area (TPSA) is 21.3 Å². The molecule has 0 aromatic rings. The average Bonchev–Trinajstić information content (AvgIpc) is 2.00. The van der Waals surface area contributed by atoms with Gasteiger partial charge in [0.15, 0.2) is 0 Å². The predicted molar refractivity (Wildman–Crippen MR) is 43.2 cm³/mol. The van der Waals surface area contributed by atoms with Gasteiger partial charge in [-0.05, 0) is 6.92 Å². The third kappa shape index (κ3) is 9.18. The van der Waals surface area contributed by atoms with Crippen LogP contribution in [0.25, 0.3) is 0 Å². The summed E-state index contributed by atoms with van der Waals surface area (Å²) in [6.45, 7) is 0.987. The number of ether oxygens (including phenoxy) is 1. The van der Waals surface area contributed by atoms with Crippen LogP contribution in [0.1, 0.15) is 6.92 Å². The minimum atomic E-state index is -4.26. The van der Waals surface area contributed by atoms with Crippen molar-refractivity contribution in [1.29, 1.82) is 0 Å². The van der Waals surface area contributed by atoms with E-state index < -0.39 is 18.9 Å². The third-order valence-corrected chi connectivity index (χ3v) is 1.19. The highest BCUT2D eigenvalue weighted by Crippen LogP contribution is 2.15. The summed E-state index contributed by atoms with van der Waals surface area (Å²) in [7, 11) is 0. The van der Waals surface area contributed by atoms with Gasteiger partial charge in [0.1, 0.15) is 6.61 Å². The van der Waals surface area contributed by atoms with E-state index in [0.29, 0.717) is 13.1 Å². The number of hydrogen-bond donors (Lipinski definition) is 1. The van der Waals surface area contributed by atoms with E-state index >= 15 is 0 Å². The Labute approximate surface area is 75.5 Å².